The zero-order valence-corrected chi connectivity index (χ0v) is 19.6. The van der Waals surface area contributed by atoms with Crippen molar-refractivity contribution in [3.63, 3.8) is 0 Å². The summed E-state index contributed by atoms with van der Waals surface area (Å²) in [6.07, 6.45) is 4.54. The van der Waals surface area contributed by atoms with Gasteiger partial charge in [0.1, 0.15) is 12.2 Å². The molecule has 0 saturated heterocycles. The third-order valence-corrected chi connectivity index (χ3v) is 6.22. The Morgan fingerprint density at radius 3 is 2.08 bits per heavy atom. The van der Waals surface area contributed by atoms with Gasteiger partial charge in [0.2, 0.25) is 0 Å². The van der Waals surface area contributed by atoms with E-state index in [4.69, 9.17) is 16.6 Å². The minimum Gasteiger partial charge on any atom is -0.619 e. The van der Waals surface area contributed by atoms with Crippen LogP contribution in [-0.4, -0.2) is 19.1 Å². The maximum absolute atomic E-state index is 13.8. The number of nitrogens with zero attached hydrogens (tertiary/aromatic N) is 5. The van der Waals surface area contributed by atoms with Crippen molar-refractivity contribution in [2.45, 2.75) is 0 Å². The van der Waals surface area contributed by atoms with Crippen molar-refractivity contribution >= 4 is 22.8 Å². The average molecular weight is 492 g/mol. The first kappa shape index (κ1) is 21.8. The summed E-state index contributed by atoms with van der Waals surface area (Å²) in [6.45, 7) is 0. The summed E-state index contributed by atoms with van der Waals surface area (Å²) < 4.78 is 4.11. The van der Waals surface area contributed by atoms with Crippen LogP contribution in [0.15, 0.2) is 115 Å². The largest absolute Gasteiger partial charge is 0.619 e. The van der Waals surface area contributed by atoms with Gasteiger partial charge in [-0.05, 0) is 47.5 Å². The van der Waals surface area contributed by atoms with E-state index in [0.29, 0.717) is 22.2 Å². The van der Waals surface area contributed by atoms with E-state index in [1.807, 2.05) is 59.2 Å². The lowest BCUT2D eigenvalue weighted by atomic mass is 10.0. The summed E-state index contributed by atoms with van der Waals surface area (Å²) >= 11 is 6.11. The van der Waals surface area contributed by atoms with E-state index in [1.165, 1.54) is 12.4 Å². The zero-order valence-electron chi connectivity index (χ0n) is 18.8. The zero-order chi connectivity index (χ0) is 24.6. The molecular weight excluding hydrogens is 474 g/mol. The molecule has 0 bridgehead atoms. The summed E-state index contributed by atoms with van der Waals surface area (Å²) in [5, 5.41) is 12.0. The molecule has 0 atom stereocenters. The number of halogens is 1. The average Bonchev–Trinajstić information content (AvgIpc) is 3.35. The SMILES string of the molecule is O=c1c2ncn(-c3ccccc3)c2nc(-c2ccc(-c3cc[n+]([O-])cc3)cc2)n1-c1ccc(Cl)cc1. The maximum Gasteiger partial charge on any atom is 0.286 e. The summed E-state index contributed by atoms with van der Waals surface area (Å²) in [5.74, 6) is 0.476. The Bertz CT molecular complexity index is 1740. The highest BCUT2D eigenvalue weighted by Gasteiger charge is 2.19. The molecule has 0 radical (unpaired) electrons. The Hall–Kier alpha value is -4.75. The summed E-state index contributed by atoms with van der Waals surface area (Å²) in [5.41, 5.74) is 4.56. The lowest BCUT2D eigenvalue weighted by Crippen LogP contribution is -2.23. The van der Waals surface area contributed by atoms with Gasteiger partial charge in [0.25, 0.3) is 5.56 Å². The molecule has 0 unspecified atom stereocenters. The fourth-order valence-electron chi connectivity index (χ4n) is 4.17. The number of imidazole rings is 1. The van der Waals surface area contributed by atoms with Crippen LogP contribution in [0.3, 0.4) is 0 Å². The molecule has 0 aliphatic heterocycles. The Balaban J connectivity index is 1.57. The van der Waals surface area contributed by atoms with Crippen molar-refractivity contribution in [1.82, 2.24) is 19.1 Å². The van der Waals surface area contributed by atoms with Crippen LogP contribution < -0.4 is 10.3 Å². The molecule has 0 amide bonds. The second-order valence-electron chi connectivity index (χ2n) is 8.20. The molecule has 0 spiro atoms. The van der Waals surface area contributed by atoms with Crippen molar-refractivity contribution in [1.29, 1.82) is 0 Å². The summed E-state index contributed by atoms with van der Waals surface area (Å²) in [7, 11) is 0. The van der Waals surface area contributed by atoms with Crippen LogP contribution in [0.25, 0.3) is 45.1 Å². The van der Waals surface area contributed by atoms with Crippen molar-refractivity contribution < 1.29 is 4.73 Å². The van der Waals surface area contributed by atoms with Crippen LogP contribution in [0.4, 0.5) is 0 Å². The topological polar surface area (TPSA) is 79.7 Å². The molecule has 0 aliphatic carbocycles. The lowest BCUT2D eigenvalue weighted by molar-refractivity contribution is -0.605. The highest BCUT2D eigenvalue weighted by Crippen LogP contribution is 2.27. The fourth-order valence-corrected chi connectivity index (χ4v) is 4.30. The molecule has 36 heavy (non-hydrogen) atoms. The highest BCUT2D eigenvalue weighted by atomic mass is 35.5. The molecule has 7 nitrogen and oxygen atoms in total. The molecule has 0 aliphatic rings. The van der Waals surface area contributed by atoms with E-state index in [0.717, 1.165) is 27.1 Å². The van der Waals surface area contributed by atoms with Gasteiger partial charge >= 0.3 is 0 Å². The third kappa shape index (κ3) is 3.81. The van der Waals surface area contributed by atoms with Crippen molar-refractivity contribution in [2.24, 2.45) is 0 Å². The second-order valence-corrected chi connectivity index (χ2v) is 8.64. The van der Waals surface area contributed by atoms with Gasteiger partial charge in [-0.2, -0.15) is 4.73 Å². The number of hydrogen-bond acceptors (Lipinski definition) is 4. The number of fused-ring (bicyclic) bond motifs is 1. The fraction of sp³-hybridized carbons (Fsp3) is 0. The second kappa shape index (κ2) is 8.79. The van der Waals surface area contributed by atoms with Crippen molar-refractivity contribution in [3.8, 4) is 33.9 Å². The number of aromatic nitrogens is 5. The van der Waals surface area contributed by atoms with Gasteiger partial charge in [-0.1, -0.05) is 54.1 Å². The van der Waals surface area contributed by atoms with Gasteiger partial charge in [0.15, 0.2) is 23.6 Å². The van der Waals surface area contributed by atoms with Crippen LogP contribution in [0.1, 0.15) is 0 Å². The van der Waals surface area contributed by atoms with E-state index in [2.05, 4.69) is 4.98 Å². The molecule has 8 heteroatoms. The smallest absolute Gasteiger partial charge is 0.286 e. The monoisotopic (exact) mass is 491 g/mol. The first-order valence-electron chi connectivity index (χ1n) is 11.2. The highest BCUT2D eigenvalue weighted by molar-refractivity contribution is 6.30. The van der Waals surface area contributed by atoms with Crippen LogP contribution in [0.5, 0.6) is 0 Å². The number of hydrogen-bond donors (Lipinski definition) is 0. The molecule has 3 aromatic heterocycles. The lowest BCUT2D eigenvalue weighted by Gasteiger charge is -2.14. The number of para-hydroxylation sites is 1. The van der Waals surface area contributed by atoms with Gasteiger partial charge in [0.05, 0.1) is 5.69 Å². The van der Waals surface area contributed by atoms with Gasteiger partial charge < -0.3 is 5.21 Å². The van der Waals surface area contributed by atoms with E-state index in [9.17, 15) is 10.0 Å². The predicted molar refractivity (Wildman–Crippen MR) is 139 cm³/mol. The standard InChI is InChI=1S/C28H18ClN5O2/c29-22-10-12-24(13-11-22)34-26(21-8-6-19(7-9-21)20-14-16-32(36)17-15-20)31-27-25(28(34)35)30-18-33(27)23-4-2-1-3-5-23/h1-18H. The van der Waals surface area contributed by atoms with Crippen LogP contribution in [-0.2, 0) is 0 Å². The Labute approximate surface area is 210 Å². The van der Waals surface area contributed by atoms with E-state index in [-0.39, 0.29) is 11.1 Å². The van der Waals surface area contributed by atoms with Crippen LogP contribution in [0.2, 0.25) is 5.02 Å². The predicted octanol–water partition coefficient (Wildman–Crippen LogP) is 5.19. The number of pyridine rings is 1. The number of rotatable bonds is 4. The van der Waals surface area contributed by atoms with E-state index < -0.39 is 0 Å². The van der Waals surface area contributed by atoms with Crippen molar-refractivity contribution in [2.75, 3.05) is 0 Å². The minimum absolute atomic E-state index is 0.268. The molecule has 6 rings (SSSR count). The van der Waals surface area contributed by atoms with E-state index >= 15 is 0 Å². The normalized spacial score (nSPS) is 11.1. The van der Waals surface area contributed by atoms with Gasteiger partial charge in [-0.3, -0.25) is 13.9 Å². The minimum atomic E-state index is -0.279. The molecule has 6 aromatic rings. The molecule has 3 heterocycles. The molecule has 174 valence electrons. The quantitative estimate of drug-likeness (QED) is 0.251. The molecule has 0 fully saturated rings. The maximum atomic E-state index is 13.8. The first-order valence-corrected chi connectivity index (χ1v) is 11.6. The van der Waals surface area contributed by atoms with Crippen LogP contribution in [0, 0.1) is 5.21 Å². The molecule has 3 aromatic carbocycles. The van der Waals surface area contributed by atoms with Crippen LogP contribution >= 0.6 is 11.6 Å². The number of benzene rings is 3. The molecular formula is C28H18ClN5O2. The van der Waals surface area contributed by atoms with Gasteiger partial charge in [-0.15, -0.1) is 0 Å². The van der Waals surface area contributed by atoms with Crippen molar-refractivity contribution in [3.05, 3.63) is 130 Å². The molecule has 0 N–H and O–H groups in total. The van der Waals surface area contributed by atoms with Gasteiger partial charge in [-0.25, -0.2) is 9.97 Å². The van der Waals surface area contributed by atoms with Gasteiger partial charge in [0, 0.05) is 28.4 Å². The molecule has 0 saturated carbocycles. The van der Waals surface area contributed by atoms with E-state index in [1.54, 1.807) is 47.3 Å². The Morgan fingerprint density at radius 2 is 1.39 bits per heavy atom. The Morgan fingerprint density at radius 1 is 0.750 bits per heavy atom. The summed E-state index contributed by atoms with van der Waals surface area (Å²) in [6, 6.07) is 27.9. The summed E-state index contributed by atoms with van der Waals surface area (Å²) in [4.78, 5) is 23.1. The Kier molecular flexibility index (Phi) is 5.32. The third-order valence-electron chi connectivity index (χ3n) is 5.97. The first-order chi connectivity index (χ1) is 17.6.